The van der Waals surface area contributed by atoms with Crippen molar-refractivity contribution in [3.8, 4) is 11.5 Å². The van der Waals surface area contributed by atoms with E-state index in [1.54, 1.807) is 53.4 Å². The van der Waals surface area contributed by atoms with Gasteiger partial charge in [0.15, 0.2) is 6.16 Å². The highest BCUT2D eigenvalue weighted by Gasteiger charge is 2.34. The summed E-state index contributed by atoms with van der Waals surface area (Å²) in [6.07, 6.45) is -0.392. The number of benzene rings is 4. The van der Waals surface area contributed by atoms with Crippen LogP contribution in [0.3, 0.4) is 0 Å². The maximum Gasteiger partial charge on any atom is 0.440 e. The molecule has 6 heteroatoms. The Morgan fingerprint density at radius 3 is 1.32 bits per heavy atom. The van der Waals surface area contributed by atoms with Gasteiger partial charge in [-0.3, -0.25) is 4.79 Å². The first-order valence-electron chi connectivity index (χ1n) is 11.0. The van der Waals surface area contributed by atoms with Crippen LogP contribution in [-0.4, -0.2) is 17.0 Å². The van der Waals surface area contributed by atoms with Crippen LogP contribution >= 0.6 is 7.60 Å². The van der Waals surface area contributed by atoms with E-state index in [1.165, 1.54) is 0 Å². The number of para-hydroxylation sites is 2. The van der Waals surface area contributed by atoms with E-state index in [1.807, 2.05) is 72.8 Å². The Morgan fingerprint density at radius 2 is 0.941 bits per heavy atom. The Morgan fingerprint density at radius 1 is 0.588 bits per heavy atom. The summed E-state index contributed by atoms with van der Waals surface area (Å²) in [5.41, 5.74) is 1.96. The number of carbonyl (C=O) groups excluding carboxylic acids is 1. The summed E-state index contributed by atoms with van der Waals surface area (Å²) in [7, 11) is -3.87. The quantitative estimate of drug-likeness (QED) is 0.246. The van der Waals surface area contributed by atoms with Crippen LogP contribution in [0, 0.1) is 0 Å². The molecule has 0 saturated carbocycles. The Bertz CT molecular complexity index is 1130. The van der Waals surface area contributed by atoms with Crippen molar-refractivity contribution in [2.45, 2.75) is 13.1 Å². The number of amides is 1. The Labute approximate surface area is 200 Å². The minimum atomic E-state index is -3.87. The lowest BCUT2D eigenvalue weighted by Gasteiger charge is -2.26. The van der Waals surface area contributed by atoms with E-state index in [0.29, 0.717) is 24.6 Å². The van der Waals surface area contributed by atoms with Crippen molar-refractivity contribution in [3.05, 3.63) is 132 Å². The van der Waals surface area contributed by atoms with E-state index >= 15 is 0 Å². The zero-order chi connectivity index (χ0) is 23.6. The van der Waals surface area contributed by atoms with Crippen molar-refractivity contribution in [1.82, 2.24) is 4.90 Å². The number of rotatable bonds is 10. The summed E-state index contributed by atoms with van der Waals surface area (Å²) in [6, 6.07) is 37.0. The highest BCUT2D eigenvalue weighted by Crippen LogP contribution is 2.48. The van der Waals surface area contributed by atoms with E-state index < -0.39 is 13.8 Å². The molecule has 4 aromatic rings. The van der Waals surface area contributed by atoms with Crippen LogP contribution in [0.5, 0.6) is 11.5 Å². The SMILES string of the molecule is O=C(CP(=O)(Oc1ccccc1)Oc1ccccc1)N(Cc1ccccc1)Cc1ccccc1. The van der Waals surface area contributed by atoms with Gasteiger partial charge in [-0.15, -0.1) is 0 Å². The zero-order valence-electron chi connectivity index (χ0n) is 18.7. The van der Waals surface area contributed by atoms with E-state index in [0.717, 1.165) is 11.1 Å². The monoisotopic (exact) mass is 471 g/mol. The topological polar surface area (TPSA) is 55.8 Å². The third-order valence-electron chi connectivity index (χ3n) is 5.09. The third kappa shape index (κ3) is 6.84. The Kier molecular flexibility index (Phi) is 7.79. The molecule has 0 aliphatic heterocycles. The second-order valence-corrected chi connectivity index (χ2v) is 9.70. The maximum absolute atomic E-state index is 13.9. The summed E-state index contributed by atoms with van der Waals surface area (Å²) in [5.74, 6) is 0.447. The molecular formula is C28H26NO4P. The molecule has 0 N–H and O–H groups in total. The van der Waals surface area contributed by atoms with Crippen molar-refractivity contribution in [1.29, 1.82) is 0 Å². The van der Waals surface area contributed by atoms with Crippen LogP contribution in [0.15, 0.2) is 121 Å². The second kappa shape index (κ2) is 11.4. The van der Waals surface area contributed by atoms with Crippen LogP contribution in [0.25, 0.3) is 0 Å². The van der Waals surface area contributed by atoms with Crippen LogP contribution in [0.2, 0.25) is 0 Å². The van der Waals surface area contributed by atoms with Gasteiger partial charge in [-0.1, -0.05) is 97.1 Å². The molecule has 0 radical (unpaired) electrons. The lowest BCUT2D eigenvalue weighted by atomic mass is 10.1. The summed E-state index contributed by atoms with van der Waals surface area (Å²) in [6.45, 7) is 0.760. The molecule has 1 amide bonds. The molecule has 0 spiro atoms. The van der Waals surface area contributed by atoms with E-state index in [9.17, 15) is 9.36 Å². The molecule has 0 bridgehead atoms. The van der Waals surface area contributed by atoms with Crippen LogP contribution in [0.4, 0.5) is 0 Å². The molecular weight excluding hydrogens is 445 g/mol. The molecule has 0 aromatic heterocycles. The molecule has 0 fully saturated rings. The van der Waals surface area contributed by atoms with Gasteiger partial charge in [0.25, 0.3) is 0 Å². The highest BCUT2D eigenvalue weighted by atomic mass is 31.2. The van der Waals surface area contributed by atoms with Gasteiger partial charge in [-0.2, -0.15) is 0 Å². The predicted molar refractivity (Wildman–Crippen MR) is 134 cm³/mol. The van der Waals surface area contributed by atoms with Crippen LogP contribution in [-0.2, 0) is 22.4 Å². The fourth-order valence-electron chi connectivity index (χ4n) is 3.47. The molecule has 0 unspecified atom stereocenters. The molecule has 0 saturated heterocycles. The minimum Gasteiger partial charge on any atom is -0.416 e. The maximum atomic E-state index is 13.9. The van der Waals surface area contributed by atoms with Crippen LogP contribution in [0.1, 0.15) is 11.1 Å². The highest BCUT2D eigenvalue weighted by molar-refractivity contribution is 7.55. The zero-order valence-corrected chi connectivity index (χ0v) is 19.6. The van der Waals surface area contributed by atoms with Gasteiger partial charge in [-0.05, 0) is 35.4 Å². The Balaban J connectivity index is 1.59. The lowest BCUT2D eigenvalue weighted by Crippen LogP contribution is -2.33. The number of nitrogens with zero attached hydrogens (tertiary/aromatic N) is 1. The van der Waals surface area contributed by atoms with E-state index in [2.05, 4.69) is 0 Å². The van der Waals surface area contributed by atoms with Gasteiger partial charge in [0.1, 0.15) is 11.5 Å². The number of hydrogen-bond acceptors (Lipinski definition) is 4. The fraction of sp³-hybridized carbons (Fsp3) is 0.107. The van der Waals surface area contributed by atoms with Crippen molar-refractivity contribution in [2.75, 3.05) is 6.16 Å². The first-order chi connectivity index (χ1) is 16.6. The molecule has 0 heterocycles. The third-order valence-corrected chi connectivity index (χ3v) is 6.73. The second-order valence-electron chi connectivity index (χ2n) is 7.80. The smallest absolute Gasteiger partial charge is 0.416 e. The number of hydrogen-bond donors (Lipinski definition) is 0. The normalized spacial score (nSPS) is 10.9. The molecule has 5 nitrogen and oxygen atoms in total. The summed E-state index contributed by atoms with van der Waals surface area (Å²) in [4.78, 5) is 15.2. The summed E-state index contributed by atoms with van der Waals surface area (Å²) >= 11 is 0. The average molecular weight is 471 g/mol. The van der Waals surface area contributed by atoms with Gasteiger partial charge in [-0.25, -0.2) is 4.57 Å². The van der Waals surface area contributed by atoms with E-state index in [-0.39, 0.29) is 5.91 Å². The van der Waals surface area contributed by atoms with Crippen molar-refractivity contribution < 1.29 is 18.4 Å². The van der Waals surface area contributed by atoms with Crippen molar-refractivity contribution in [2.24, 2.45) is 0 Å². The minimum absolute atomic E-state index is 0.317. The first-order valence-corrected chi connectivity index (χ1v) is 12.8. The van der Waals surface area contributed by atoms with Gasteiger partial charge in [0.2, 0.25) is 5.91 Å². The summed E-state index contributed by atoms with van der Waals surface area (Å²) in [5, 5.41) is 0. The Hall–Kier alpha value is -3.82. The molecule has 4 aromatic carbocycles. The van der Waals surface area contributed by atoms with E-state index in [4.69, 9.17) is 9.05 Å². The lowest BCUT2D eigenvalue weighted by molar-refractivity contribution is -0.129. The fourth-order valence-corrected chi connectivity index (χ4v) is 5.06. The van der Waals surface area contributed by atoms with Gasteiger partial charge < -0.3 is 13.9 Å². The molecule has 4 rings (SSSR count). The average Bonchev–Trinajstić information content (AvgIpc) is 2.86. The van der Waals surface area contributed by atoms with Crippen molar-refractivity contribution in [3.63, 3.8) is 0 Å². The predicted octanol–water partition coefficient (Wildman–Crippen LogP) is 6.57. The molecule has 0 atom stereocenters. The molecule has 34 heavy (non-hydrogen) atoms. The van der Waals surface area contributed by atoms with Gasteiger partial charge in [0, 0.05) is 13.1 Å². The summed E-state index contributed by atoms with van der Waals surface area (Å²) < 4.78 is 25.5. The standard InChI is InChI=1S/C28H26NO4P/c30-28(29(21-24-13-5-1-6-14-24)22-25-15-7-2-8-16-25)23-34(31,32-26-17-9-3-10-18-26)33-27-19-11-4-12-20-27/h1-20H,21-23H2. The molecule has 172 valence electrons. The van der Waals surface area contributed by atoms with Gasteiger partial charge >= 0.3 is 7.60 Å². The first kappa shape index (κ1) is 23.3. The largest absolute Gasteiger partial charge is 0.440 e. The van der Waals surface area contributed by atoms with Gasteiger partial charge in [0.05, 0.1) is 0 Å². The molecule has 0 aliphatic rings. The van der Waals surface area contributed by atoms with Crippen LogP contribution < -0.4 is 9.05 Å². The molecule has 0 aliphatic carbocycles. The number of carbonyl (C=O) groups is 1. The van der Waals surface area contributed by atoms with Crippen molar-refractivity contribution >= 4 is 13.5 Å².